The number of halogens is 1. The number of aromatic nitrogens is 8. The molecule has 4 aromatic heterocycles. The molecule has 11 heteroatoms. The molecule has 2 N–H and O–H groups in total. The number of benzene rings is 1. The van der Waals surface area contributed by atoms with Crippen molar-refractivity contribution < 1.29 is 0 Å². The van der Waals surface area contributed by atoms with Gasteiger partial charge in [-0.1, -0.05) is 12.1 Å². The Morgan fingerprint density at radius 3 is 2.56 bits per heavy atom. The van der Waals surface area contributed by atoms with Crippen molar-refractivity contribution in [2.45, 2.75) is 12.4 Å². The number of rotatable bonds is 5. The van der Waals surface area contributed by atoms with Crippen molar-refractivity contribution in [3.63, 3.8) is 0 Å². The van der Waals surface area contributed by atoms with Crippen LogP contribution < -0.4 is 5.73 Å². The minimum absolute atomic E-state index is 0.0587. The predicted molar refractivity (Wildman–Crippen MR) is 118 cm³/mol. The molecule has 0 saturated carbocycles. The number of hydrogen-bond acceptors (Lipinski definition) is 8. The van der Waals surface area contributed by atoms with Crippen LogP contribution in [0.5, 0.6) is 0 Å². The van der Waals surface area contributed by atoms with Gasteiger partial charge in [0.25, 0.3) is 0 Å². The zero-order valence-corrected chi connectivity index (χ0v) is 17.3. The van der Waals surface area contributed by atoms with E-state index in [1.54, 1.807) is 18.5 Å². The van der Waals surface area contributed by atoms with Crippen molar-refractivity contribution in [2.75, 3.05) is 5.73 Å². The number of nitrogen functional groups attached to an aromatic ring is 1. The third kappa shape index (κ3) is 3.40. The summed E-state index contributed by atoms with van der Waals surface area (Å²) in [4.78, 5) is 19.4. The summed E-state index contributed by atoms with van der Waals surface area (Å²) >= 11 is 5.96. The minimum Gasteiger partial charge on any atom is -0.382 e. The Labute approximate surface area is 187 Å². The summed E-state index contributed by atoms with van der Waals surface area (Å²) in [6.07, 6.45) is 4.67. The molecule has 5 rings (SSSR count). The van der Waals surface area contributed by atoms with Gasteiger partial charge in [0.2, 0.25) is 0 Å². The summed E-state index contributed by atoms with van der Waals surface area (Å²) in [7, 11) is 0. The number of nitrogens with zero attached hydrogens (tertiary/aromatic N) is 9. The Kier molecular flexibility index (Phi) is 4.93. The maximum Gasteiger partial charge on any atom is 0.169 e. The van der Waals surface area contributed by atoms with E-state index in [0.717, 1.165) is 11.3 Å². The first-order valence-corrected chi connectivity index (χ1v) is 10.1. The lowest BCUT2D eigenvalue weighted by Gasteiger charge is -2.10. The van der Waals surface area contributed by atoms with Crippen LogP contribution in [0.2, 0.25) is 0 Å². The first-order valence-electron chi connectivity index (χ1n) is 9.57. The van der Waals surface area contributed by atoms with Gasteiger partial charge in [-0.3, -0.25) is 4.57 Å². The van der Waals surface area contributed by atoms with Crippen LogP contribution in [0.3, 0.4) is 0 Å². The van der Waals surface area contributed by atoms with E-state index in [2.05, 4.69) is 20.2 Å². The van der Waals surface area contributed by atoms with E-state index in [9.17, 15) is 0 Å². The smallest absolute Gasteiger partial charge is 0.169 e. The second-order valence-corrected chi connectivity index (χ2v) is 7.09. The summed E-state index contributed by atoms with van der Waals surface area (Å²) in [5, 5.41) is 17.3. The highest BCUT2D eigenvalue weighted by Gasteiger charge is 2.20. The molecular weight excluding hydrogens is 428 g/mol. The van der Waals surface area contributed by atoms with E-state index in [0.29, 0.717) is 40.0 Å². The summed E-state index contributed by atoms with van der Waals surface area (Å²) in [5.41, 5.74) is 10.8. The van der Waals surface area contributed by atoms with Gasteiger partial charge >= 0.3 is 0 Å². The molecule has 0 fully saturated rings. The number of pyridine rings is 1. The second-order valence-electron chi connectivity index (χ2n) is 6.82. The SMILES string of the molecule is N#CCn1ncc(-c2ccc3nc(-c4nccnc4N)n(-c4ccc(CCl)cc4)c3n2)n1. The Bertz CT molecular complexity index is 1460. The number of alkyl halides is 1. The highest BCUT2D eigenvalue weighted by atomic mass is 35.5. The van der Waals surface area contributed by atoms with Crippen molar-refractivity contribution in [2.24, 2.45) is 0 Å². The van der Waals surface area contributed by atoms with Crippen LogP contribution in [0.25, 0.3) is 39.8 Å². The third-order valence-electron chi connectivity index (χ3n) is 4.80. The molecule has 0 bridgehead atoms. The van der Waals surface area contributed by atoms with Crippen molar-refractivity contribution >= 4 is 28.6 Å². The lowest BCUT2D eigenvalue weighted by Crippen LogP contribution is -2.04. The van der Waals surface area contributed by atoms with Gasteiger partial charge in [-0.05, 0) is 29.8 Å². The summed E-state index contributed by atoms with van der Waals surface area (Å²) < 4.78 is 1.87. The highest BCUT2D eigenvalue weighted by molar-refractivity contribution is 6.17. The van der Waals surface area contributed by atoms with E-state index < -0.39 is 0 Å². The fourth-order valence-corrected chi connectivity index (χ4v) is 3.49. The van der Waals surface area contributed by atoms with E-state index in [4.69, 9.17) is 32.6 Å². The maximum atomic E-state index is 8.87. The topological polar surface area (TPSA) is 137 Å². The normalized spacial score (nSPS) is 11.0. The van der Waals surface area contributed by atoms with Crippen LogP contribution in [0, 0.1) is 11.3 Å². The summed E-state index contributed by atoms with van der Waals surface area (Å²) in [5.74, 6) is 1.19. The van der Waals surface area contributed by atoms with Crippen LogP contribution >= 0.6 is 11.6 Å². The zero-order chi connectivity index (χ0) is 22.1. The van der Waals surface area contributed by atoms with Gasteiger partial charge in [0.15, 0.2) is 17.3 Å². The number of fused-ring (bicyclic) bond motifs is 1. The van der Waals surface area contributed by atoms with E-state index >= 15 is 0 Å². The number of hydrogen-bond donors (Lipinski definition) is 1. The standard InChI is InChI=1S/C21H15ClN10/c22-11-13-1-3-14(4-2-13)32-20-16(29-21(32)18-19(24)26-9-8-25-18)6-5-15(28-20)17-12-27-31(30-17)10-7-23/h1-6,8-9,12H,10-11H2,(H2,24,26). The van der Waals surface area contributed by atoms with Gasteiger partial charge in [-0.15, -0.1) is 11.6 Å². The van der Waals surface area contributed by atoms with Crippen LogP contribution in [-0.2, 0) is 12.4 Å². The number of nitrogens with two attached hydrogens (primary N) is 1. The quantitative estimate of drug-likeness (QED) is 0.410. The van der Waals surface area contributed by atoms with Gasteiger partial charge in [0.05, 0.1) is 18.0 Å². The minimum atomic E-state index is 0.0587. The largest absolute Gasteiger partial charge is 0.382 e. The zero-order valence-electron chi connectivity index (χ0n) is 16.6. The van der Waals surface area contributed by atoms with Crippen LogP contribution in [-0.4, -0.2) is 39.5 Å². The third-order valence-corrected chi connectivity index (χ3v) is 5.11. The number of imidazole rings is 1. The van der Waals surface area contributed by atoms with Crippen molar-refractivity contribution in [1.82, 2.24) is 39.5 Å². The number of anilines is 1. The lowest BCUT2D eigenvalue weighted by molar-refractivity contribution is 0.610. The number of nitriles is 1. The molecular formula is C21H15ClN10. The first kappa shape index (κ1) is 19.6. The molecule has 0 aliphatic carbocycles. The first-order chi connectivity index (χ1) is 15.7. The molecule has 0 aliphatic heterocycles. The van der Waals surface area contributed by atoms with Crippen molar-refractivity contribution in [3.05, 3.63) is 60.6 Å². The molecule has 0 aliphatic rings. The average molecular weight is 443 g/mol. The van der Waals surface area contributed by atoms with Crippen molar-refractivity contribution in [3.8, 4) is 34.7 Å². The monoisotopic (exact) mass is 442 g/mol. The molecule has 10 nitrogen and oxygen atoms in total. The van der Waals surface area contributed by atoms with Gasteiger partial charge in [0, 0.05) is 24.0 Å². The molecule has 0 amide bonds. The molecule has 0 unspecified atom stereocenters. The van der Waals surface area contributed by atoms with Crippen LogP contribution in [0.15, 0.2) is 55.0 Å². The molecule has 4 heterocycles. The molecule has 1 aromatic carbocycles. The fourth-order valence-electron chi connectivity index (χ4n) is 3.31. The van der Waals surface area contributed by atoms with Crippen molar-refractivity contribution in [1.29, 1.82) is 5.26 Å². The second kappa shape index (κ2) is 8.05. The molecule has 0 spiro atoms. The van der Waals surface area contributed by atoms with Crippen LogP contribution in [0.4, 0.5) is 5.82 Å². The molecule has 156 valence electrons. The van der Waals surface area contributed by atoms with E-state index in [-0.39, 0.29) is 12.4 Å². The fraction of sp³-hybridized carbons (Fsp3) is 0.0952. The summed E-state index contributed by atoms with van der Waals surface area (Å²) in [6, 6.07) is 13.4. The van der Waals surface area contributed by atoms with E-state index in [1.807, 2.05) is 41.0 Å². The predicted octanol–water partition coefficient (Wildman–Crippen LogP) is 2.98. The van der Waals surface area contributed by atoms with E-state index in [1.165, 1.54) is 11.0 Å². The van der Waals surface area contributed by atoms with Gasteiger partial charge in [-0.25, -0.2) is 19.9 Å². The summed E-state index contributed by atoms with van der Waals surface area (Å²) in [6.45, 7) is 0.0587. The Hall–Kier alpha value is -4.36. The molecule has 0 radical (unpaired) electrons. The Balaban J connectivity index is 1.74. The maximum absolute atomic E-state index is 8.87. The molecule has 0 atom stereocenters. The van der Waals surface area contributed by atoms with Gasteiger partial charge in [-0.2, -0.15) is 20.3 Å². The highest BCUT2D eigenvalue weighted by Crippen LogP contribution is 2.30. The van der Waals surface area contributed by atoms with Gasteiger partial charge < -0.3 is 5.73 Å². The Morgan fingerprint density at radius 1 is 1.00 bits per heavy atom. The van der Waals surface area contributed by atoms with Crippen LogP contribution in [0.1, 0.15) is 5.56 Å². The molecule has 5 aromatic rings. The average Bonchev–Trinajstić information content (AvgIpc) is 3.44. The molecule has 32 heavy (non-hydrogen) atoms. The molecule has 0 saturated heterocycles. The lowest BCUT2D eigenvalue weighted by atomic mass is 10.2. The Morgan fingerprint density at radius 2 is 1.81 bits per heavy atom. The van der Waals surface area contributed by atoms with Gasteiger partial charge in [0.1, 0.15) is 23.4 Å².